The topological polar surface area (TPSA) is 88.1 Å². The van der Waals surface area contributed by atoms with E-state index in [-0.39, 0.29) is 18.0 Å². The first-order valence-electron chi connectivity index (χ1n) is 10.6. The van der Waals surface area contributed by atoms with E-state index in [4.69, 9.17) is 4.74 Å². The number of thioether (sulfide) groups is 1. The summed E-state index contributed by atoms with van der Waals surface area (Å²) in [5, 5.41) is 3.98. The fourth-order valence-electron chi connectivity index (χ4n) is 3.14. The number of sulfonamides is 1. The highest BCUT2D eigenvalue weighted by Gasteiger charge is 2.26. The van der Waals surface area contributed by atoms with Gasteiger partial charge in [0.05, 0.1) is 24.8 Å². The maximum absolute atomic E-state index is 13.3. The van der Waals surface area contributed by atoms with E-state index in [2.05, 4.69) is 10.5 Å². The molecule has 0 saturated heterocycles. The highest BCUT2D eigenvalue weighted by molar-refractivity contribution is 7.98. The predicted octanol–water partition coefficient (Wildman–Crippen LogP) is 3.80. The zero-order chi connectivity index (χ0) is 24.4. The molecule has 0 aromatic heterocycles. The van der Waals surface area contributed by atoms with Crippen molar-refractivity contribution in [2.75, 3.05) is 26.5 Å². The molecule has 0 radical (unpaired) electrons. The van der Waals surface area contributed by atoms with Crippen LogP contribution in [0, 0.1) is 0 Å². The normalized spacial score (nSPS) is 11.6. The number of methoxy groups -OCH3 is 1. The van der Waals surface area contributed by atoms with Crippen molar-refractivity contribution in [1.29, 1.82) is 0 Å². The van der Waals surface area contributed by atoms with Crippen LogP contribution in [0.1, 0.15) is 11.1 Å². The lowest BCUT2D eigenvalue weighted by Gasteiger charge is -2.21. The van der Waals surface area contributed by atoms with Crippen molar-refractivity contribution >= 4 is 33.9 Å². The predicted molar refractivity (Wildman–Crippen MR) is 136 cm³/mol. The van der Waals surface area contributed by atoms with Crippen LogP contribution in [-0.2, 0) is 21.2 Å². The number of rotatable bonds is 11. The van der Waals surface area contributed by atoms with E-state index in [0.717, 1.165) is 16.0 Å². The lowest BCUT2D eigenvalue weighted by Crippen LogP contribution is -2.40. The Morgan fingerprint density at radius 1 is 1.03 bits per heavy atom. The summed E-state index contributed by atoms with van der Waals surface area (Å²) in [6, 6.07) is 23.3. The molecule has 9 heteroatoms. The molecule has 7 nitrogen and oxygen atoms in total. The summed E-state index contributed by atoms with van der Waals surface area (Å²) in [5.41, 5.74) is 4.23. The summed E-state index contributed by atoms with van der Waals surface area (Å²) in [6.07, 6.45) is 3.98. The quantitative estimate of drug-likeness (QED) is 0.247. The minimum Gasteiger partial charge on any atom is -0.497 e. The van der Waals surface area contributed by atoms with Gasteiger partial charge in [0.25, 0.3) is 5.91 Å². The zero-order valence-electron chi connectivity index (χ0n) is 19.0. The Bertz CT molecular complexity index is 1200. The molecule has 178 valence electrons. The van der Waals surface area contributed by atoms with Gasteiger partial charge in [0.1, 0.15) is 5.75 Å². The molecule has 0 bridgehead atoms. The van der Waals surface area contributed by atoms with E-state index in [0.29, 0.717) is 12.2 Å². The van der Waals surface area contributed by atoms with Gasteiger partial charge >= 0.3 is 0 Å². The molecular weight excluding hydrogens is 470 g/mol. The van der Waals surface area contributed by atoms with Gasteiger partial charge in [-0.05, 0) is 60.2 Å². The highest BCUT2D eigenvalue weighted by atomic mass is 32.2. The van der Waals surface area contributed by atoms with Crippen molar-refractivity contribution in [1.82, 2.24) is 9.73 Å². The number of amides is 1. The van der Waals surface area contributed by atoms with Gasteiger partial charge in [-0.2, -0.15) is 9.41 Å². The van der Waals surface area contributed by atoms with E-state index in [1.807, 2.05) is 60.9 Å². The van der Waals surface area contributed by atoms with Crippen LogP contribution in [0.5, 0.6) is 5.75 Å². The van der Waals surface area contributed by atoms with Crippen LogP contribution in [0.4, 0.5) is 0 Å². The lowest BCUT2D eigenvalue weighted by molar-refractivity contribution is -0.121. The van der Waals surface area contributed by atoms with Crippen LogP contribution >= 0.6 is 11.8 Å². The Morgan fingerprint density at radius 3 is 2.32 bits per heavy atom. The third kappa shape index (κ3) is 7.18. The molecule has 3 aromatic carbocycles. The molecule has 0 aliphatic rings. The van der Waals surface area contributed by atoms with Crippen LogP contribution in [0.15, 0.2) is 93.8 Å². The summed E-state index contributed by atoms with van der Waals surface area (Å²) in [4.78, 5) is 13.8. The number of ether oxygens (including phenoxy) is 1. The third-order valence-corrected chi connectivity index (χ3v) is 7.63. The standard InChI is InChI=1S/C25H27N3O4S2/c1-32-22-10-14-24(15-11-22)34(30,31)28(17-16-20-6-4-3-5-7-20)19-25(29)27-26-18-21-8-12-23(33-2)13-9-21/h3-15,18H,16-17,19H2,1-2H3,(H,27,29)/b26-18-. The first-order chi connectivity index (χ1) is 16.4. The zero-order valence-corrected chi connectivity index (χ0v) is 20.7. The number of benzene rings is 3. The van der Waals surface area contributed by atoms with Crippen molar-refractivity contribution in [3.8, 4) is 5.75 Å². The SMILES string of the molecule is COc1ccc(S(=O)(=O)N(CCc2ccccc2)CC(=O)N/N=C\c2ccc(SC)cc2)cc1. The van der Waals surface area contributed by atoms with Crippen molar-refractivity contribution in [3.05, 3.63) is 90.0 Å². The maximum Gasteiger partial charge on any atom is 0.255 e. The van der Waals surface area contributed by atoms with E-state index in [1.165, 1.54) is 29.8 Å². The minimum atomic E-state index is -3.91. The average molecular weight is 498 g/mol. The Balaban J connectivity index is 1.72. The Hall–Kier alpha value is -3.14. The molecule has 1 amide bonds. The summed E-state index contributed by atoms with van der Waals surface area (Å²) >= 11 is 1.63. The van der Waals surface area contributed by atoms with Crippen molar-refractivity contribution in [3.63, 3.8) is 0 Å². The van der Waals surface area contributed by atoms with Gasteiger partial charge in [-0.15, -0.1) is 11.8 Å². The maximum atomic E-state index is 13.3. The van der Waals surface area contributed by atoms with Gasteiger partial charge < -0.3 is 4.74 Å². The average Bonchev–Trinajstić information content (AvgIpc) is 2.87. The summed E-state index contributed by atoms with van der Waals surface area (Å²) in [7, 11) is -2.40. The molecule has 3 aromatic rings. The summed E-state index contributed by atoms with van der Waals surface area (Å²) in [6.45, 7) is -0.213. The molecule has 0 heterocycles. The molecular formula is C25H27N3O4S2. The fourth-order valence-corrected chi connectivity index (χ4v) is 4.95. The molecule has 34 heavy (non-hydrogen) atoms. The molecule has 0 aliphatic carbocycles. The smallest absolute Gasteiger partial charge is 0.255 e. The number of hydrogen-bond acceptors (Lipinski definition) is 6. The third-order valence-electron chi connectivity index (χ3n) is 5.03. The van der Waals surface area contributed by atoms with Gasteiger partial charge in [0.15, 0.2) is 0 Å². The van der Waals surface area contributed by atoms with Crippen LogP contribution in [-0.4, -0.2) is 51.3 Å². The molecule has 0 atom stereocenters. The molecule has 0 spiro atoms. The second-order valence-corrected chi connectivity index (χ2v) is 10.1. The van der Waals surface area contributed by atoms with Crippen LogP contribution in [0.3, 0.4) is 0 Å². The van der Waals surface area contributed by atoms with Gasteiger partial charge in [0.2, 0.25) is 10.0 Å². The first-order valence-corrected chi connectivity index (χ1v) is 13.2. The number of carbonyl (C=O) groups is 1. The molecule has 0 aliphatic heterocycles. The molecule has 1 N–H and O–H groups in total. The fraction of sp³-hybridized carbons (Fsp3) is 0.200. The Morgan fingerprint density at radius 2 is 1.71 bits per heavy atom. The largest absolute Gasteiger partial charge is 0.497 e. The van der Waals surface area contributed by atoms with Gasteiger partial charge in [0, 0.05) is 11.4 Å². The van der Waals surface area contributed by atoms with Gasteiger partial charge in [-0.1, -0.05) is 42.5 Å². The number of nitrogens with zero attached hydrogens (tertiary/aromatic N) is 2. The molecule has 0 fully saturated rings. The monoisotopic (exact) mass is 497 g/mol. The van der Waals surface area contributed by atoms with Gasteiger partial charge in [-0.25, -0.2) is 13.8 Å². The van der Waals surface area contributed by atoms with E-state index < -0.39 is 15.9 Å². The molecule has 0 saturated carbocycles. The van der Waals surface area contributed by atoms with Crippen LogP contribution in [0.25, 0.3) is 0 Å². The summed E-state index contributed by atoms with van der Waals surface area (Å²) < 4.78 is 32.9. The molecule has 0 unspecified atom stereocenters. The number of nitrogens with one attached hydrogen (secondary N) is 1. The number of hydrazone groups is 1. The van der Waals surface area contributed by atoms with E-state index in [1.54, 1.807) is 23.9 Å². The Labute approximate surface area is 204 Å². The highest BCUT2D eigenvalue weighted by Crippen LogP contribution is 2.20. The lowest BCUT2D eigenvalue weighted by atomic mass is 10.1. The molecule has 3 rings (SSSR count). The number of carbonyl (C=O) groups excluding carboxylic acids is 1. The van der Waals surface area contributed by atoms with Crippen molar-refractivity contribution in [2.24, 2.45) is 5.10 Å². The minimum absolute atomic E-state index is 0.0894. The van der Waals surface area contributed by atoms with Crippen LogP contribution in [0.2, 0.25) is 0 Å². The second-order valence-electron chi connectivity index (χ2n) is 7.32. The second kappa shape index (κ2) is 12.4. The summed E-state index contributed by atoms with van der Waals surface area (Å²) in [5.74, 6) is 0.0227. The van der Waals surface area contributed by atoms with Crippen molar-refractivity contribution < 1.29 is 17.9 Å². The van der Waals surface area contributed by atoms with E-state index in [9.17, 15) is 13.2 Å². The van der Waals surface area contributed by atoms with Crippen LogP contribution < -0.4 is 10.2 Å². The Kier molecular flexibility index (Phi) is 9.26. The van der Waals surface area contributed by atoms with Gasteiger partial charge in [-0.3, -0.25) is 4.79 Å². The van der Waals surface area contributed by atoms with E-state index >= 15 is 0 Å². The first kappa shape index (κ1) is 25.5. The van der Waals surface area contributed by atoms with Crippen molar-refractivity contribution in [2.45, 2.75) is 16.2 Å². The number of hydrogen-bond donors (Lipinski definition) is 1.